The number of hydrogen-bond donors (Lipinski definition) is 2. The lowest BCUT2D eigenvalue weighted by Gasteiger charge is -2.10. The molecule has 0 spiro atoms. The van der Waals surface area contributed by atoms with Gasteiger partial charge in [-0.15, -0.1) is 0 Å². The van der Waals surface area contributed by atoms with Crippen molar-refractivity contribution in [2.24, 2.45) is 10.7 Å². The number of hydrogen-bond acceptors (Lipinski definition) is 3. The van der Waals surface area contributed by atoms with Crippen molar-refractivity contribution in [3.8, 4) is 0 Å². The van der Waals surface area contributed by atoms with Crippen molar-refractivity contribution in [1.82, 2.24) is 5.32 Å². The number of rotatable bonds is 7. The van der Waals surface area contributed by atoms with Crippen molar-refractivity contribution < 1.29 is 0 Å². The van der Waals surface area contributed by atoms with Crippen LogP contribution in [0.15, 0.2) is 53.3 Å². The van der Waals surface area contributed by atoms with Crippen LogP contribution in [0.5, 0.6) is 0 Å². The first kappa shape index (κ1) is 14.2. The second kappa shape index (κ2) is 7.45. The maximum absolute atomic E-state index is 5.46. The van der Waals surface area contributed by atoms with Gasteiger partial charge in [0.05, 0.1) is 6.67 Å². The Morgan fingerprint density at radius 3 is 2.39 bits per heavy atom. The Hall–Kier alpha value is -1.87. The van der Waals surface area contributed by atoms with Crippen molar-refractivity contribution in [2.75, 3.05) is 6.67 Å². The molecule has 0 saturated carbocycles. The Labute approximate surface area is 109 Å². The van der Waals surface area contributed by atoms with Crippen LogP contribution in [0.4, 0.5) is 0 Å². The molecule has 96 valence electrons. The molecule has 0 atom stereocenters. The van der Waals surface area contributed by atoms with Gasteiger partial charge in [-0.3, -0.25) is 0 Å². The van der Waals surface area contributed by atoms with Crippen LogP contribution in [0.25, 0.3) is 0 Å². The molecule has 3 N–H and O–H groups in total. The third-order valence-corrected chi connectivity index (χ3v) is 2.80. The first-order valence-electron chi connectivity index (χ1n) is 6.09. The fourth-order valence-electron chi connectivity index (χ4n) is 1.73. The van der Waals surface area contributed by atoms with Crippen LogP contribution in [0, 0.1) is 0 Å². The smallest absolute Gasteiger partial charge is 0.129 e. The molecule has 0 aliphatic rings. The largest absolute Gasteiger partial charge is 0.358 e. The van der Waals surface area contributed by atoms with E-state index in [0.29, 0.717) is 12.5 Å². The third-order valence-electron chi connectivity index (χ3n) is 2.80. The average Bonchev–Trinajstić information content (AvgIpc) is 2.43. The molecule has 0 heterocycles. The van der Waals surface area contributed by atoms with E-state index in [-0.39, 0.29) is 0 Å². The van der Waals surface area contributed by atoms with Gasteiger partial charge in [0.25, 0.3) is 0 Å². The highest BCUT2D eigenvalue weighted by molar-refractivity contribution is 5.36. The van der Waals surface area contributed by atoms with Crippen molar-refractivity contribution >= 4 is 6.72 Å². The minimum atomic E-state index is 0.334. The van der Waals surface area contributed by atoms with Crippen molar-refractivity contribution in [1.29, 1.82) is 0 Å². The Morgan fingerprint density at radius 1 is 1.33 bits per heavy atom. The van der Waals surface area contributed by atoms with Gasteiger partial charge in [-0.2, -0.15) is 0 Å². The molecule has 3 nitrogen and oxygen atoms in total. The number of aliphatic imine (C=N–C) groups is 1. The minimum Gasteiger partial charge on any atom is -0.358 e. The fourth-order valence-corrected chi connectivity index (χ4v) is 1.73. The van der Waals surface area contributed by atoms with E-state index in [1.807, 2.05) is 0 Å². The predicted octanol–water partition coefficient (Wildman–Crippen LogP) is 2.40. The van der Waals surface area contributed by atoms with Crippen LogP contribution >= 0.6 is 0 Å². The zero-order valence-electron chi connectivity index (χ0n) is 10.9. The second-order valence-corrected chi connectivity index (χ2v) is 3.96. The SMILES string of the molecule is C=C/C(Cc1ccc(CC)cc1)=C(/N=C)NCN. The van der Waals surface area contributed by atoms with Crippen LogP contribution in [-0.4, -0.2) is 13.4 Å². The summed E-state index contributed by atoms with van der Waals surface area (Å²) in [5, 5.41) is 2.98. The van der Waals surface area contributed by atoms with E-state index in [1.165, 1.54) is 11.1 Å². The summed E-state index contributed by atoms with van der Waals surface area (Å²) in [7, 11) is 0. The number of nitrogens with one attached hydrogen (secondary N) is 1. The van der Waals surface area contributed by atoms with Gasteiger partial charge in [0.2, 0.25) is 0 Å². The highest BCUT2D eigenvalue weighted by Crippen LogP contribution is 2.14. The lowest BCUT2D eigenvalue weighted by Crippen LogP contribution is -2.22. The average molecular weight is 243 g/mol. The lowest BCUT2D eigenvalue weighted by molar-refractivity contribution is 0.802. The molecule has 0 saturated heterocycles. The topological polar surface area (TPSA) is 50.4 Å². The molecule has 1 rings (SSSR count). The second-order valence-electron chi connectivity index (χ2n) is 3.96. The van der Waals surface area contributed by atoms with E-state index in [1.54, 1.807) is 6.08 Å². The number of benzene rings is 1. The molecule has 0 aromatic heterocycles. The van der Waals surface area contributed by atoms with Gasteiger partial charge in [0, 0.05) is 6.42 Å². The van der Waals surface area contributed by atoms with Crippen LogP contribution in [0.2, 0.25) is 0 Å². The molecule has 0 aliphatic heterocycles. The fraction of sp³-hybridized carbons (Fsp3) is 0.267. The molecule has 0 unspecified atom stereocenters. The number of nitrogens with zero attached hydrogens (tertiary/aromatic N) is 1. The molecular weight excluding hydrogens is 222 g/mol. The molecule has 0 bridgehead atoms. The Bertz CT molecular complexity index is 430. The van der Waals surface area contributed by atoms with Gasteiger partial charge in [-0.25, -0.2) is 4.99 Å². The molecule has 0 amide bonds. The van der Waals surface area contributed by atoms with Gasteiger partial charge in [0.15, 0.2) is 0 Å². The van der Waals surface area contributed by atoms with Crippen molar-refractivity contribution in [2.45, 2.75) is 19.8 Å². The van der Waals surface area contributed by atoms with E-state index in [4.69, 9.17) is 5.73 Å². The maximum Gasteiger partial charge on any atom is 0.129 e. The Morgan fingerprint density at radius 2 is 1.94 bits per heavy atom. The van der Waals surface area contributed by atoms with Crippen molar-refractivity contribution in [3.05, 3.63) is 59.4 Å². The van der Waals surface area contributed by atoms with E-state index in [0.717, 1.165) is 18.4 Å². The number of aryl methyl sites for hydroxylation is 1. The Balaban J connectivity index is 2.90. The summed E-state index contributed by atoms with van der Waals surface area (Å²) in [5.74, 6) is 0.701. The zero-order chi connectivity index (χ0) is 13.4. The van der Waals surface area contributed by atoms with Gasteiger partial charge in [-0.05, 0) is 29.8 Å². The van der Waals surface area contributed by atoms with Crippen LogP contribution in [0.1, 0.15) is 18.1 Å². The molecule has 18 heavy (non-hydrogen) atoms. The zero-order valence-corrected chi connectivity index (χ0v) is 10.9. The van der Waals surface area contributed by atoms with E-state index < -0.39 is 0 Å². The quantitative estimate of drug-likeness (QED) is 0.439. The highest BCUT2D eigenvalue weighted by Gasteiger charge is 2.03. The molecule has 3 heteroatoms. The standard InChI is InChI=1S/C15H21N3/c1-4-12-6-8-13(9-7-12)10-14(5-2)15(17-3)18-11-16/h5-9,18H,2-4,10-11,16H2,1H3/b15-14+. The maximum atomic E-state index is 5.46. The highest BCUT2D eigenvalue weighted by atomic mass is 15.1. The van der Waals surface area contributed by atoms with Crippen LogP contribution in [-0.2, 0) is 12.8 Å². The van der Waals surface area contributed by atoms with Crippen LogP contribution < -0.4 is 11.1 Å². The lowest BCUT2D eigenvalue weighted by atomic mass is 10.0. The van der Waals surface area contributed by atoms with Gasteiger partial charge in [0.1, 0.15) is 5.82 Å². The van der Waals surface area contributed by atoms with Gasteiger partial charge in [-0.1, -0.05) is 43.8 Å². The number of allylic oxidation sites excluding steroid dienone is 2. The summed E-state index contributed by atoms with van der Waals surface area (Å²) in [6.07, 6.45) is 3.62. The van der Waals surface area contributed by atoms with E-state index in [9.17, 15) is 0 Å². The molecule has 0 aliphatic carbocycles. The van der Waals surface area contributed by atoms with Crippen molar-refractivity contribution in [3.63, 3.8) is 0 Å². The summed E-state index contributed by atoms with van der Waals surface area (Å²) >= 11 is 0. The number of nitrogens with two attached hydrogens (primary N) is 1. The Kier molecular flexibility index (Phi) is 5.88. The van der Waals surface area contributed by atoms with Gasteiger partial charge >= 0.3 is 0 Å². The summed E-state index contributed by atoms with van der Waals surface area (Å²) in [6.45, 7) is 9.84. The molecule has 0 radical (unpaired) electrons. The normalized spacial score (nSPS) is 11.7. The van der Waals surface area contributed by atoms with Crippen LogP contribution in [0.3, 0.4) is 0 Å². The third kappa shape index (κ3) is 3.86. The molecule has 1 aromatic rings. The first-order chi connectivity index (χ1) is 8.74. The summed E-state index contributed by atoms with van der Waals surface area (Å²) in [6, 6.07) is 8.55. The summed E-state index contributed by atoms with van der Waals surface area (Å²) in [4.78, 5) is 3.95. The summed E-state index contributed by atoms with van der Waals surface area (Å²) < 4.78 is 0. The predicted molar refractivity (Wildman–Crippen MR) is 78.5 cm³/mol. The first-order valence-corrected chi connectivity index (χ1v) is 6.09. The van der Waals surface area contributed by atoms with E-state index in [2.05, 4.69) is 54.8 Å². The monoisotopic (exact) mass is 243 g/mol. The molecular formula is C15H21N3. The molecule has 1 aromatic carbocycles. The van der Waals surface area contributed by atoms with Gasteiger partial charge < -0.3 is 11.1 Å². The minimum absolute atomic E-state index is 0.334. The molecule has 0 fully saturated rings. The van der Waals surface area contributed by atoms with E-state index >= 15 is 0 Å². The summed E-state index contributed by atoms with van der Waals surface area (Å²) in [5.41, 5.74) is 9.02.